The number of aryl methyl sites for hydroxylation is 2. The fourth-order valence-electron chi connectivity index (χ4n) is 3.86. The third kappa shape index (κ3) is 7.89. The Labute approximate surface area is 224 Å². The summed E-state index contributed by atoms with van der Waals surface area (Å²) in [6.45, 7) is 22.7. The summed E-state index contributed by atoms with van der Waals surface area (Å²) >= 11 is 1.36. The first-order valence-electron chi connectivity index (χ1n) is 11.9. The van der Waals surface area contributed by atoms with E-state index in [-0.39, 0.29) is 0 Å². The van der Waals surface area contributed by atoms with Gasteiger partial charge in [0.25, 0.3) is 0 Å². The molecule has 0 aliphatic rings. The van der Waals surface area contributed by atoms with Gasteiger partial charge in [-0.25, -0.2) is 0 Å². The van der Waals surface area contributed by atoms with Crippen molar-refractivity contribution in [3.05, 3.63) is 109 Å². The summed E-state index contributed by atoms with van der Waals surface area (Å²) in [5.41, 5.74) is 5.75. The van der Waals surface area contributed by atoms with Crippen LogP contribution >= 0.6 is 0 Å². The van der Waals surface area contributed by atoms with E-state index in [1.165, 1.54) is 77.9 Å². The molecule has 0 bridgehead atoms. The van der Waals surface area contributed by atoms with Crippen LogP contribution in [0.5, 0.6) is 0 Å². The van der Waals surface area contributed by atoms with Crippen LogP contribution in [0.4, 0.5) is 0 Å². The van der Waals surface area contributed by atoms with Gasteiger partial charge in [-0.15, -0.1) is 39.7 Å². The molecular formula is C32H38SiZr-4. The maximum Gasteiger partial charge on any atom is -0.0333 e. The van der Waals surface area contributed by atoms with E-state index in [2.05, 4.69) is 121 Å². The second-order valence-electron chi connectivity index (χ2n) is 8.24. The van der Waals surface area contributed by atoms with Crippen molar-refractivity contribution in [1.29, 1.82) is 0 Å². The van der Waals surface area contributed by atoms with Gasteiger partial charge in [-0.05, 0) is 5.39 Å². The second kappa shape index (κ2) is 16.0. The molecule has 0 unspecified atom stereocenters. The van der Waals surface area contributed by atoms with E-state index >= 15 is 0 Å². The minimum absolute atomic E-state index is 1.00. The molecule has 5 aromatic rings. The smallest absolute Gasteiger partial charge is 0.0333 e. The second-order valence-corrected chi connectivity index (χ2v) is 8.24. The van der Waals surface area contributed by atoms with Gasteiger partial charge in [-0.3, -0.25) is 0 Å². The van der Waals surface area contributed by atoms with Gasteiger partial charge in [-0.2, -0.15) is 41.2 Å². The van der Waals surface area contributed by atoms with E-state index in [4.69, 9.17) is 0 Å². The first-order chi connectivity index (χ1) is 16.4. The van der Waals surface area contributed by atoms with Crippen molar-refractivity contribution in [2.24, 2.45) is 0 Å². The topological polar surface area (TPSA) is 0 Å². The van der Waals surface area contributed by atoms with E-state index in [1.807, 2.05) is 13.8 Å². The maximum atomic E-state index is 3.49. The third-order valence-corrected chi connectivity index (χ3v) is 5.68. The predicted octanol–water partition coefficient (Wildman–Crippen LogP) is 9.58. The van der Waals surface area contributed by atoms with Gasteiger partial charge in [0.15, 0.2) is 0 Å². The van der Waals surface area contributed by atoms with E-state index in [1.54, 1.807) is 0 Å². The largest absolute Gasteiger partial charge is 0.126 e. The first-order valence-corrected chi connectivity index (χ1v) is 16.1. The fraction of sp³-hybridized carbons (Fsp3) is 0.250. The van der Waals surface area contributed by atoms with Crippen molar-refractivity contribution in [2.75, 3.05) is 0 Å². The number of fused-ring (bicyclic) bond motifs is 5. The zero-order valence-corrected chi connectivity index (χ0v) is 25.2. The Hall–Kier alpha value is -1.76. The van der Waals surface area contributed by atoms with Gasteiger partial charge in [0.1, 0.15) is 0 Å². The Morgan fingerprint density at radius 3 is 1.62 bits per heavy atom. The number of rotatable bonds is 0. The molecule has 5 aromatic carbocycles. The standard InChI is InChI=1S/C17H11.C9H13.2C3H7.Si.Zr/c1-3-7-15-12(5-1)9-10-14-11-13-6-2-4-8-16(13)17(14)15;1-6-5-7(2)9(4)8(6)3;2*1-3-2;;/h1-11H;5H,1-4H3;2*1,3H2,2H3;;/q4*-1;;. The molecule has 0 aliphatic heterocycles. The normalized spacial score (nSPS) is 9.62. The minimum Gasteiger partial charge on any atom is -0.126 e. The average Bonchev–Trinajstić information content (AvgIpc) is 3.34. The molecule has 34 heavy (non-hydrogen) atoms. The monoisotopic (exact) mass is 540 g/mol. The summed E-state index contributed by atoms with van der Waals surface area (Å²) in [5.74, 6) is 0. The van der Waals surface area contributed by atoms with Gasteiger partial charge in [0.2, 0.25) is 0 Å². The maximum absolute atomic E-state index is 3.49. The molecule has 5 rings (SSSR count). The molecule has 0 saturated carbocycles. The van der Waals surface area contributed by atoms with E-state index in [0.717, 1.165) is 12.8 Å². The van der Waals surface area contributed by atoms with Crippen LogP contribution in [0.2, 0.25) is 0 Å². The summed E-state index contributed by atoms with van der Waals surface area (Å²) < 4.78 is 0. The van der Waals surface area contributed by atoms with Crippen LogP contribution in [0.1, 0.15) is 48.9 Å². The van der Waals surface area contributed by atoms with Gasteiger partial charge < -0.3 is 13.8 Å². The molecule has 2 radical (unpaired) electrons. The van der Waals surface area contributed by atoms with Crippen molar-refractivity contribution >= 4 is 39.2 Å². The quantitative estimate of drug-likeness (QED) is 0.135. The van der Waals surface area contributed by atoms with Gasteiger partial charge in [-0.1, -0.05) is 95.5 Å². The molecule has 0 atom stereocenters. The molecule has 0 aliphatic carbocycles. The van der Waals surface area contributed by atoms with Crippen LogP contribution in [0, 0.1) is 41.5 Å². The molecule has 0 nitrogen and oxygen atoms in total. The molecule has 0 heterocycles. The number of hydrogen-bond donors (Lipinski definition) is 0. The van der Waals surface area contributed by atoms with Crippen LogP contribution in [-0.4, -0.2) is 6.88 Å². The van der Waals surface area contributed by atoms with Gasteiger partial charge in [0.05, 0.1) is 0 Å². The van der Waals surface area contributed by atoms with Crippen molar-refractivity contribution in [3.63, 3.8) is 0 Å². The van der Waals surface area contributed by atoms with E-state index < -0.39 is 0 Å². The van der Waals surface area contributed by atoms with Crippen LogP contribution in [-0.2, 0) is 23.3 Å². The van der Waals surface area contributed by atoms with Crippen LogP contribution in [0.3, 0.4) is 0 Å². The Balaban J connectivity index is 0.000000288. The van der Waals surface area contributed by atoms with Crippen molar-refractivity contribution < 1.29 is 23.3 Å². The molecule has 2 heteroatoms. The zero-order valence-electron chi connectivity index (χ0n) is 21.8. The summed E-state index contributed by atoms with van der Waals surface area (Å²) in [6, 6.07) is 26.2. The van der Waals surface area contributed by atoms with E-state index in [9.17, 15) is 0 Å². The Kier molecular flexibility index (Phi) is 14.3. The van der Waals surface area contributed by atoms with Crippen molar-refractivity contribution in [3.8, 4) is 0 Å². The van der Waals surface area contributed by atoms with Crippen molar-refractivity contribution in [1.82, 2.24) is 0 Å². The average molecular weight is 542 g/mol. The molecule has 0 saturated heterocycles. The van der Waals surface area contributed by atoms with Gasteiger partial charge in [0, 0.05) is 0 Å². The van der Waals surface area contributed by atoms with E-state index in [0.29, 0.717) is 0 Å². The molecule has 0 spiro atoms. The Morgan fingerprint density at radius 2 is 1.12 bits per heavy atom. The SMILES string of the molecule is Cc1[cH-]c(C)c(C)c1C.[CH2-]CC.[CH2-]CC.[Si]=[Zr].c1ccc2c(c1)ccc1[cH-]c3ccccc3c12. The van der Waals surface area contributed by atoms with Crippen LogP contribution < -0.4 is 0 Å². The molecule has 0 aromatic heterocycles. The zero-order chi connectivity index (χ0) is 25.7. The van der Waals surface area contributed by atoms with Crippen LogP contribution in [0.25, 0.3) is 32.3 Å². The Morgan fingerprint density at radius 1 is 0.647 bits per heavy atom. The van der Waals surface area contributed by atoms with Crippen molar-refractivity contribution in [2.45, 2.75) is 54.4 Å². The summed E-state index contributed by atoms with van der Waals surface area (Å²) in [4.78, 5) is 0. The van der Waals surface area contributed by atoms with Gasteiger partial charge >= 0.3 is 30.2 Å². The summed E-state index contributed by atoms with van der Waals surface area (Å²) in [5, 5.41) is 8.09. The summed E-state index contributed by atoms with van der Waals surface area (Å²) in [7, 11) is 0. The third-order valence-electron chi connectivity index (χ3n) is 5.68. The molecule has 178 valence electrons. The predicted molar refractivity (Wildman–Crippen MR) is 153 cm³/mol. The summed E-state index contributed by atoms with van der Waals surface area (Å²) in [6.07, 6.45) is 2.00. The first kappa shape index (κ1) is 30.3. The molecular weight excluding hydrogens is 504 g/mol. The van der Waals surface area contributed by atoms with Crippen LogP contribution in [0.15, 0.2) is 72.8 Å². The minimum atomic E-state index is 1.00. The number of benzene rings is 3. The molecule has 0 fully saturated rings. The number of hydrogen-bond acceptors (Lipinski definition) is 0. The fourth-order valence-corrected chi connectivity index (χ4v) is 3.86. The Bertz CT molecular complexity index is 1240. The molecule has 0 amide bonds. The molecule has 0 N–H and O–H groups in total.